The number of alkyl carbamates (subject to hydrolysis) is 1. The highest BCUT2D eigenvalue weighted by Crippen LogP contribution is 2.22. The monoisotopic (exact) mass is 395 g/mol. The Balaban J connectivity index is 2.73. The second-order valence-corrected chi connectivity index (χ2v) is 8.02. The number of carbonyl (C=O) groups excluding carboxylic acids is 1. The minimum atomic E-state index is -0.511. The summed E-state index contributed by atoms with van der Waals surface area (Å²) in [6, 6.07) is 0.136. The van der Waals surface area contributed by atoms with Crippen LogP contribution < -0.4 is 16.4 Å². The summed E-state index contributed by atoms with van der Waals surface area (Å²) < 4.78 is 5.24. The van der Waals surface area contributed by atoms with Gasteiger partial charge in [0.15, 0.2) is 0 Å². The van der Waals surface area contributed by atoms with E-state index in [1.54, 1.807) is 0 Å². The van der Waals surface area contributed by atoms with E-state index >= 15 is 0 Å². The van der Waals surface area contributed by atoms with E-state index in [0.29, 0.717) is 19.4 Å². The molecule has 1 heterocycles. The Hall–Kier alpha value is -2.09. The van der Waals surface area contributed by atoms with Crippen LogP contribution in [0.1, 0.15) is 71.1 Å². The number of nitrogen functional groups attached to an aromatic ring is 1. The van der Waals surface area contributed by atoms with Crippen molar-refractivity contribution in [1.29, 1.82) is 0 Å². The number of hydrogen-bond donors (Lipinski definition) is 4. The van der Waals surface area contributed by atoms with Crippen molar-refractivity contribution in [2.45, 2.75) is 84.8 Å². The third kappa shape index (κ3) is 9.21. The molecule has 1 aromatic heterocycles. The Morgan fingerprint density at radius 2 is 1.96 bits per heavy atom. The number of hydrogen-bond acceptors (Lipinski definition) is 7. The van der Waals surface area contributed by atoms with Gasteiger partial charge in [-0.2, -0.15) is 4.98 Å². The summed E-state index contributed by atoms with van der Waals surface area (Å²) >= 11 is 0. The third-order valence-electron chi connectivity index (χ3n) is 4.23. The molecule has 0 aliphatic carbocycles. The molecule has 1 amide bonds. The number of aryl methyl sites for hydroxylation is 1. The fraction of sp³-hybridized carbons (Fsp3) is 0.750. The molecule has 0 saturated heterocycles. The molecule has 1 atom stereocenters. The number of carbonyl (C=O) groups is 1. The molecule has 1 rings (SSSR count). The average Bonchev–Trinajstić information content (AvgIpc) is 2.56. The highest BCUT2D eigenvalue weighted by Gasteiger charge is 2.17. The third-order valence-corrected chi connectivity index (χ3v) is 4.23. The average molecular weight is 396 g/mol. The van der Waals surface area contributed by atoms with Crippen molar-refractivity contribution >= 4 is 17.9 Å². The molecule has 8 heteroatoms. The standard InChI is InChI=1S/C20H37N5O3/c1-6-7-9-15(11-13-26)24-17-16(14(2)23-18(21)25-17)10-8-12-22-19(27)28-20(3,4)5/h15,26H,6-13H2,1-5H3,(H,22,27)(H3,21,23,24,25). The zero-order valence-corrected chi connectivity index (χ0v) is 18.0. The highest BCUT2D eigenvalue weighted by molar-refractivity contribution is 5.67. The number of ether oxygens (including phenoxy) is 1. The predicted octanol–water partition coefficient (Wildman–Crippen LogP) is 3.18. The van der Waals surface area contributed by atoms with Gasteiger partial charge in [0, 0.05) is 30.5 Å². The van der Waals surface area contributed by atoms with Crippen LogP contribution in [0.15, 0.2) is 0 Å². The Labute approximate surface area is 168 Å². The molecule has 0 aliphatic rings. The largest absolute Gasteiger partial charge is 0.444 e. The van der Waals surface area contributed by atoms with Crippen LogP contribution in [0.2, 0.25) is 0 Å². The van der Waals surface area contributed by atoms with Gasteiger partial charge < -0.3 is 26.2 Å². The van der Waals surface area contributed by atoms with E-state index < -0.39 is 11.7 Å². The number of anilines is 2. The molecule has 1 aromatic rings. The number of aliphatic hydroxyl groups is 1. The molecular weight excluding hydrogens is 358 g/mol. The number of rotatable bonds is 11. The number of aromatic nitrogens is 2. The van der Waals surface area contributed by atoms with Gasteiger partial charge in [0.05, 0.1) is 0 Å². The van der Waals surface area contributed by atoms with E-state index in [0.717, 1.165) is 42.8 Å². The lowest BCUT2D eigenvalue weighted by Gasteiger charge is -2.21. The van der Waals surface area contributed by atoms with Crippen LogP contribution >= 0.6 is 0 Å². The summed E-state index contributed by atoms with van der Waals surface area (Å²) in [5, 5.41) is 15.6. The Morgan fingerprint density at radius 1 is 1.25 bits per heavy atom. The second-order valence-electron chi connectivity index (χ2n) is 8.02. The zero-order chi connectivity index (χ0) is 21.2. The molecule has 0 aliphatic heterocycles. The summed E-state index contributed by atoms with van der Waals surface area (Å²) in [5.74, 6) is 0.950. The van der Waals surface area contributed by atoms with Crippen LogP contribution in [0.3, 0.4) is 0 Å². The summed E-state index contributed by atoms with van der Waals surface area (Å²) in [6.45, 7) is 10.2. The van der Waals surface area contributed by atoms with Gasteiger partial charge in [0.2, 0.25) is 5.95 Å². The summed E-state index contributed by atoms with van der Waals surface area (Å²) in [7, 11) is 0. The minimum absolute atomic E-state index is 0.121. The molecule has 0 spiro atoms. The van der Waals surface area contributed by atoms with E-state index in [9.17, 15) is 9.90 Å². The molecule has 28 heavy (non-hydrogen) atoms. The van der Waals surface area contributed by atoms with Gasteiger partial charge in [-0.3, -0.25) is 0 Å². The molecule has 1 unspecified atom stereocenters. The zero-order valence-electron chi connectivity index (χ0n) is 18.0. The first-order valence-corrected chi connectivity index (χ1v) is 10.1. The molecule has 0 aromatic carbocycles. The fourth-order valence-corrected chi connectivity index (χ4v) is 2.89. The Morgan fingerprint density at radius 3 is 2.57 bits per heavy atom. The molecule has 0 radical (unpaired) electrons. The van der Waals surface area contributed by atoms with Crippen LogP contribution in [0.25, 0.3) is 0 Å². The molecule has 0 bridgehead atoms. The van der Waals surface area contributed by atoms with E-state index in [2.05, 4.69) is 27.5 Å². The number of nitrogens with one attached hydrogen (secondary N) is 2. The number of nitrogens with zero attached hydrogens (tertiary/aromatic N) is 2. The van der Waals surface area contributed by atoms with Gasteiger partial charge in [-0.05, 0) is 53.4 Å². The van der Waals surface area contributed by atoms with Crippen molar-refractivity contribution in [2.24, 2.45) is 0 Å². The van der Waals surface area contributed by atoms with Crippen molar-refractivity contribution < 1.29 is 14.6 Å². The predicted molar refractivity (Wildman–Crippen MR) is 112 cm³/mol. The van der Waals surface area contributed by atoms with E-state index in [1.165, 1.54) is 0 Å². The maximum absolute atomic E-state index is 11.8. The van der Waals surface area contributed by atoms with Crippen molar-refractivity contribution in [3.8, 4) is 0 Å². The summed E-state index contributed by atoms with van der Waals surface area (Å²) in [5.41, 5.74) is 7.15. The topological polar surface area (TPSA) is 122 Å². The van der Waals surface area contributed by atoms with Gasteiger partial charge in [0.25, 0.3) is 0 Å². The quantitative estimate of drug-likeness (QED) is 0.424. The van der Waals surface area contributed by atoms with E-state index in [-0.39, 0.29) is 18.6 Å². The first kappa shape index (κ1) is 23.9. The lowest BCUT2D eigenvalue weighted by molar-refractivity contribution is 0.0527. The second kappa shape index (κ2) is 11.7. The van der Waals surface area contributed by atoms with Gasteiger partial charge in [-0.25, -0.2) is 9.78 Å². The lowest BCUT2D eigenvalue weighted by atomic mass is 10.0. The molecular formula is C20H37N5O3. The first-order chi connectivity index (χ1) is 13.2. The van der Waals surface area contributed by atoms with Crippen molar-refractivity contribution in [3.63, 3.8) is 0 Å². The molecule has 5 N–H and O–H groups in total. The van der Waals surface area contributed by atoms with Gasteiger partial charge in [-0.15, -0.1) is 0 Å². The van der Waals surface area contributed by atoms with Gasteiger partial charge in [-0.1, -0.05) is 19.8 Å². The number of unbranched alkanes of at least 4 members (excludes halogenated alkanes) is 1. The van der Waals surface area contributed by atoms with Gasteiger partial charge in [0.1, 0.15) is 11.4 Å². The van der Waals surface area contributed by atoms with Gasteiger partial charge >= 0.3 is 6.09 Å². The minimum Gasteiger partial charge on any atom is -0.444 e. The number of nitrogens with two attached hydrogens (primary N) is 1. The Bertz CT molecular complexity index is 617. The maximum atomic E-state index is 11.8. The van der Waals surface area contributed by atoms with E-state index in [1.807, 2.05) is 27.7 Å². The maximum Gasteiger partial charge on any atom is 0.407 e. The van der Waals surface area contributed by atoms with Crippen LogP contribution in [0.4, 0.5) is 16.6 Å². The number of amides is 1. The summed E-state index contributed by atoms with van der Waals surface area (Å²) in [4.78, 5) is 20.4. The smallest absolute Gasteiger partial charge is 0.407 e. The van der Waals surface area contributed by atoms with Crippen LogP contribution in [-0.2, 0) is 11.2 Å². The van der Waals surface area contributed by atoms with E-state index in [4.69, 9.17) is 10.5 Å². The van der Waals surface area contributed by atoms with Crippen molar-refractivity contribution in [1.82, 2.24) is 15.3 Å². The van der Waals surface area contributed by atoms with Crippen molar-refractivity contribution in [2.75, 3.05) is 24.2 Å². The number of aliphatic hydroxyl groups excluding tert-OH is 1. The van der Waals surface area contributed by atoms with Crippen LogP contribution in [0, 0.1) is 6.92 Å². The molecule has 0 saturated carbocycles. The molecule has 8 nitrogen and oxygen atoms in total. The van der Waals surface area contributed by atoms with Crippen molar-refractivity contribution in [3.05, 3.63) is 11.3 Å². The normalized spacial score (nSPS) is 12.5. The van der Waals surface area contributed by atoms with Crippen LogP contribution in [0.5, 0.6) is 0 Å². The first-order valence-electron chi connectivity index (χ1n) is 10.1. The Kier molecular flexibility index (Phi) is 9.99. The SMILES string of the molecule is CCCCC(CCO)Nc1nc(N)nc(C)c1CCCNC(=O)OC(C)(C)C. The highest BCUT2D eigenvalue weighted by atomic mass is 16.6. The molecule has 160 valence electrons. The van der Waals surface area contributed by atoms with Crippen LogP contribution in [-0.4, -0.2) is 46.0 Å². The fourth-order valence-electron chi connectivity index (χ4n) is 2.89. The molecule has 0 fully saturated rings. The lowest BCUT2D eigenvalue weighted by Crippen LogP contribution is -2.33. The summed E-state index contributed by atoms with van der Waals surface area (Å²) in [6.07, 6.45) is 4.79.